The lowest BCUT2D eigenvalue weighted by Crippen LogP contribution is -2.57. The lowest BCUT2D eigenvalue weighted by molar-refractivity contribution is 0.424. The standard InChI is InChI=1S/C7H11N5O2/c1-12(4-2-8-3-4)5-6(13)9-7(14)11-10-5/h4,8H,2-3H2,1H3,(H2,9,11,13,14). The number of hydrogen-bond donors (Lipinski definition) is 3. The number of nitrogens with one attached hydrogen (secondary N) is 3. The first-order valence-corrected chi connectivity index (χ1v) is 4.31. The molecule has 0 saturated carbocycles. The molecule has 14 heavy (non-hydrogen) atoms. The predicted octanol–water partition coefficient (Wildman–Crippen LogP) is -2.13. The van der Waals surface area contributed by atoms with Gasteiger partial charge in [-0.2, -0.15) is 0 Å². The molecule has 1 aliphatic rings. The zero-order chi connectivity index (χ0) is 10.1. The molecule has 1 aliphatic heterocycles. The van der Waals surface area contributed by atoms with Gasteiger partial charge in [0.15, 0.2) is 0 Å². The van der Waals surface area contributed by atoms with Crippen LogP contribution in [0.2, 0.25) is 0 Å². The number of anilines is 1. The van der Waals surface area contributed by atoms with E-state index in [9.17, 15) is 9.59 Å². The third kappa shape index (κ3) is 1.41. The Hall–Kier alpha value is -1.63. The molecule has 0 bridgehead atoms. The molecule has 7 heteroatoms. The Balaban J connectivity index is 2.31. The van der Waals surface area contributed by atoms with Gasteiger partial charge in [0.1, 0.15) is 0 Å². The number of hydrogen-bond acceptors (Lipinski definition) is 5. The Morgan fingerprint density at radius 1 is 1.43 bits per heavy atom. The summed E-state index contributed by atoms with van der Waals surface area (Å²) in [5.74, 6) is 0.246. The van der Waals surface area contributed by atoms with Crippen molar-refractivity contribution in [2.24, 2.45) is 0 Å². The summed E-state index contributed by atoms with van der Waals surface area (Å²) in [6, 6.07) is 0.273. The number of likely N-dealkylation sites (N-methyl/N-ethyl adjacent to an activating group) is 1. The average molecular weight is 197 g/mol. The van der Waals surface area contributed by atoms with Crippen LogP contribution in [0.15, 0.2) is 9.59 Å². The van der Waals surface area contributed by atoms with Gasteiger partial charge < -0.3 is 10.2 Å². The maximum absolute atomic E-state index is 11.3. The first kappa shape index (κ1) is 8.95. The van der Waals surface area contributed by atoms with Gasteiger partial charge in [0.25, 0.3) is 5.56 Å². The summed E-state index contributed by atoms with van der Waals surface area (Å²) in [4.78, 5) is 25.9. The fourth-order valence-corrected chi connectivity index (χ4v) is 1.30. The summed E-state index contributed by atoms with van der Waals surface area (Å²) in [6.45, 7) is 1.66. The number of aromatic amines is 2. The molecule has 0 atom stereocenters. The summed E-state index contributed by atoms with van der Waals surface area (Å²) < 4.78 is 0. The van der Waals surface area contributed by atoms with Gasteiger partial charge in [0, 0.05) is 20.1 Å². The smallest absolute Gasteiger partial charge is 0.342 e. The summed E-state index contributed by atoms with van der Waals surface area (Å²) >= 11 is 0. The minimum Gasteiger partial charge on any atom is -0.348 e. The van der Waals surface area contributed by atoms with Crippen molar-refractivity contribution in [3.8, 4) is 0 Å². The number of H-pyrrole nitrogens is 2. The lowest BCUT2D eigenvalue weighted by atomic mass is 10.1. The molecule has 0 aromatic carbocycles. The molecule has 1 aromatic heterocycles. The second kappa shape index (κ2) is 3.26. The van der Waals surface area contributed by atoms with E-state index < -0.39 is 11.2 Å². The third-order valence-electron chi connectivity index (χ3n) is 2.34. The first-order valence-electron chi connectivity index (χ1n) is 4.31. The third-order valence-corrected chi connectivity index (χ3v) is 2.34. The summed E-state index contributed by atoms with van der Waals surface area (Å²) in [5.41, 5.74) is -1.04. The normalized spacial score (nSPS) is 16.4. The summed E-state index contributed by atoms with van der Waals surface area (Å²) in [5, 5.41) is 8.99. The van der Waals surface area contributed by atoms with E-state index in [2.05, 4.69) is 20.5 Å². The van der Waals surface area contributed by atoms with Crippen molar-refractivity contribution in [2.45, 2.75) is 6.04 Å². The van der Waals surface area contributed by atoms with E-state index >= 15 is 0 Å². The molecule has 1 saturated heterocycles. The van der Waals surface area contributed by atoms with Crippen LogP contribution in [-0.2, 0) is 0 Å². The van der Waals surface area contributed by atoms with Gasteiger partial charge >= 0.3 is 5.69 Å². The van der Waals surface area contributed by atoms with Crippen LogP contribution in [0.25, 0.3) is 0 Å². The highest BCUT2D eigenvalue weighted by Gasteiger charge is 2.24. The van der Waals surface area contributed by atoms with E-state index in [4.69, 9.17) is 0 Å². The van der Waals surface area contributed by atoms with Crippen molar-refractivity contribution in [3.63, 3.8) is 0 Å². The van der Waals surface area contributed by atoms with Crippen molar-refractivity contribution in [1.29, 1.82) is 0 Å². The van der Waals surface area contributed by atoms with E-state index in [1.165, 1.54) is 0 Å². The van der Waals surface area contributed by atoms with Gasteiger partial charge in [-0.05, 0) is 0 Å². The van der Waals surface area contributed by atoms with Crippen LogP contribution in [0.4, 0.5) is 5.82 Å². The Morgan fingerprint density at radius 3 is 2.64 bits per heavy atom. The zero-order valence-corrected chi connectivity index (χ0v) is 7.70. The Labute approximate surface area is 79.1 Å². The Kier molecular flexibility index (Phi) is 2.08. The van der Waals surface area contributed by atoms with E-state index in [1.807, 2.05) is 0 Å². The molecule has 2 rings (SSSR count). The van der Waals surface area contributed by atoms with Crippen LogP contribution >= 0.6 is 0 Å². The van der Waals surface area contributed by atoms with E-state index in [1.54, 1.807) is 11.9 Å². The molecule has 0 unspecified atom stereocenters. The minimum atomic E-state index is -0.584. The topological polar surface area (TPSA) is 93.9 Å². The lowest BCUT2D eigenvalue weighted by Gasteiger charge is -2.35. The number of aromatic nitrogens is 3. The van der Waals surface area contributed by atoms with Crippen molar-refractivity contribution in [1.82, 2.24) is 20.5 Å². The van der Waals surface area contributed by atoms with Crippen LogP contribution in [0.5, 0.6) is 0 Å². The fourth-order valence-electron chi connectivity index (χ4n) is 1.30. The van der Waals surface area contributed by atoms with Crippen LogP contribution in [0, 0.1) is 0 Å². The Bertz CT molecular complexity index is 432. The summed E-state index contributed by atoms with van der Waals surface area (Å²) in [7, 11) is 1.78. The average Bonchev–Trinajstić information content (AvgIpc) is 2.00. The quantitative estimate of drug-likeness (QED) is 0.503. The molecule has 0 aliphatic carbocycles. The molecule has 7 nitrogen and oxygen atoms in total. The minimum absolute atomic E-state index is 0.246. The largest absolute Gasteiger partial charge is 0.348 e. The highest BCUT2D eigenvalue weighted by molar-refractivity contribution is 5.35. The van der Waals surface area contributed by atoms with Crippen molar-refractivity contribution in [2.75, 3.05) is 25.0 Å². The predicted molar refractivity (Wildman–Crippen MR) is 50.5 cm³/mol. The molecule has 3 N–H and O–H groups in total. The van der Waals surface area contributed by atoms with Crippen LogP contribution < -0.4 is 21.5 Å². The van der Waals surface area contributed by atoms with Gasteiger partial charge in [-0.15, -0.1) is 5.10 Å². The second-order valence-corrected chi connectivity index (χ2v) is 3.25. The summed E-state index contributed by atoms with van der Waals surface area (Å²) in [6.07, 6.45) is 0. The highest BCUT2D eigenvalue weighted by atomic mass is 16.2. The second-order valence-electron chi connectivity index (χ2n) is 3.25. The van der Waals surface area contributed by atoms with Gasteiger partial charge in [-0.1, -0.05) is 0 Å². The van der Waals surface area contributed by atoms with Crippen molar-refractivity contribution in [3.05, 3.63) is 20.8 Å². The fraction of sp³-hybridized carbons (Fsp3) is 0.571. The zero-order valence-electron chi connectivity index (χ0n) is 7.70. The molecule has 2 heterocycles. The van der Waals surface area contributed by atoms with Gasteiger partial charge in [-0.3, -0.25) is 9.78 Å². The number of nitrogens with zero attached hydrogens (tertiary/aromatic N) is 2. The van der Waals surface area contributed by atoms with Gasteiger partial charge in [-0.25, -0.2) is 9.89 Å². The van der Waals surface area contributed by atoms with Crippen LogP contribution in [-0.4, -0.2) is 41.4 Å². The number of rotatable bonds is 2. The molecular weight excluding hydrogens is 186 g/mol. The SMILES string of the molecule is CN(c1n[nH]c(=O)[nH]c1=O)C1CNC1. The molecule has 0 amide bonds. The monoisotopic (exact) mass is 197 g/mol. The van der Waals surface area contributed by atoms with E-state index in [-0.39, 0.29) is 11.9 Å². The molecular formula is C7H11N5O2. The van der Waals surface area contributed by atoms with Gasteiger partial charge in [0.2, 0.25) is 5.82 Å². The molecule has 0 radical (unpaired) electrons. The van der Waals surface area contributed by atoms with E-state index in [0.717, 1.165) is 13.1 Å². The van der Waals surface area contributed by atoms with Crippen LogP contribution in [0.3, 0.4) is 0 Å². The van der Waals surface area contributed by atoms with Gasteiger partial charge in [0.05, 0.1) is 6.04 Å². The first-order chi connectivity index (χ1) is 6.68. The molecule has 0 spiro atoms. The van der Waals surface area contributed by atoms with Crippen molar-refractivity contribution < 1.29 is 0 Å². The maximum Gasteiger partial charge on any atom is 0.342 e. The highest BCUT2D eigenvalue weighted by Crippen LogP contribution is 2.07. The van der Waals surface area contributed by atoms with E-state index in [0.29, 0.717) is 0 Å². The molecule has 1 aromatic rings. The van der Waals surface area contributed by atoms with Crippen molar-refractivity contribution >= 4 is 5.82 Å². The van der Waals surface area contributed by atoms with Crippen LogP contribution in [0.1, 0.15) is 0 Å². The molecule has 76 valence electrons. The molecule has 1 fully saturated rings. The maximum atomic E-state index is 11.3. The Morgan fingerprint density at radius 2 is 2.14 bits per heavy atom.